The van der Waals surface area contributed by atoms with Crippen molar-refractivity contribution in [1.82, 2.24) is 18.9 Å². The Morgan fingerprint density at radius 3 is 2.38 bits per heavy atom. The van der Waals surface area contributed by atoms with Crippen LogP contribution in [0.15, 0.2) is 81.9 Å². The number of aromatic hydroxyl groups is 1. The van der Waals surface area contributed by atoms with Crippen LogP contribution in [0.4, 0.5) is 5.69 Å². The number of carbonyl (C=O) groups excluding carboxylic acids is 2. The highest BCUT2D eigenvalue weighted by atomic mass is 35.5. The van der Waals surface area contributed by atoms with Crippen LogP contribution in [0, 0.1) is 5.92 Å². The van der Waals surface area contributed by atoms with Crippen molar-refractivity contribution in [1.29, 1.82) is 0 Å². The molecule has 7 rings (SSSR count). The highest BCUT2D eigenvalue weighted by molar-refractivity contribution is 6.36. The van der Waals surface area contributed by atoms with E-state index in [1.807, 2.05) is 0 Å². The summed E-state index contributed by atoms with van der Waals surface area (Å²) in [6.45, 7) is 0.0288. The molecule has 2 amide bonds. The topological polar surface area (TPSA) is 137 Å². The van der Waals surface area contributed by atoms with Gasteiger partial charge in [0.2, 0.25) is 0 Å². The van der Waals surface area contributed by atoms with Crippen LogP contribution in [-0.2, 0) is 28.6 Å². The standard InChI is InChI=1S/C33H29Cl2N5O7/c1-37-31(44)38-14-13-20-24(40(38)32(37)45)16-21-29(42)39(36-23-12-9-18(34)15-22(23)35)30(43)33(21,17-7-10-19(46-2)11-8-17)28(20)27-25(41)5-4-6-26(27)47-3/h4-13,15,21,24,28,36,41H,14,16H2,1-3H3/t21-,24+,28+,33+/m0/s1. The molecule has 1 aliphatic carbocycles. The molecule has 12 nitrogen and oxygen atoms in total. The van der Waals surface area contributed by atoms with Crippen LogP contribution in [0.5, 0.6) is 17.2 Å². The van der Waals surface area contributed by atoms with Crippen molar-refractivity contribution >= 4 is 40.7 Å². The monoisotopic (exact) mass is 677 g/mol. The zero-order valence-corrected chi connectivity index (χ0v) is 27.0. The van der Waals surface area contributed by atoms with E-state index in [1.54, 1.807) is 54.6 Å². The molecule has 0 radical (unpaired) electrons. The summed E-state index contributed by atoms with van der Waals surface area (Å²) in [6.07, 6.45) is 1.79. The van der Waals surface area contributed by atoms with Crippen LogP contribution in [0.1, 0.15) is 29.5 Å². The van der Waals surface area contributed by atoms with Gasteiger partial charge in [-0.2, -0.15) is 5.01 Å². The van der Waals surface area contributed by atoms with Crippen molar-refractivity contribution in [3.63, 3.8) is 0 Å². The van der Waals surface area contributed by atoms with E-state index in [4.69, 9.17) is 32.7 Å². The fraction of sp³-hybridized carbons (Fsp3) is 0.273. The number of imide groups is 1. The van der Waals surface area contributed by atoms with E-state index in [-0.39, 0.29) is 40.7 Å². The third kappa shape index (κ3) is 4.27. The highest BCUT2D eigenvalue weighted by Crippen LogP contribution is 2.64. The number of halogens is 2. The quantitative estimate of drug-likeness (QED) is 0.231. The summed E-state index contributed by atoms with van der Waals surface area (Å²) >= 11 is 12.6. The minimum absolute atomic E-state index is 0.00919. The van der Waals surface area contributed by atoms with Crippen molar-refractivity contribution < 1.29 is 24.2 Å². The fourth-order valence-electron chi connectivity index (χ4n) is 7.53. The van der Waals surface area contributed by atoms with E-state index < -0.39 is 46.5 Å². The third-order valence-electron chi connectivity index (χ3n) is 9.59. The average molecular weight is 679 g/mol. The number of nitrogens with one attached hydrogen (secondary N) is 1. The van der Waals surface area contributed by atoms with E-state index >= 15 is 4.79 Å². The molecule has 2 N–H and O–H groups in total. The molecule has 1 saturated carbocycles. The largest absolute Gasteiger partial charge is 0.508 e. The fourth-order valence-corrected chi connectivity index (χ4v) is 7.98. The predicted octanol–water partition coefficient (Wildman–Crippen LogP) is 4.00. The molecule has 0 unspecified atom stereocenters. The molecule has 14 heteroatoms. The minimum Gasteiger partial charge on any atom is -0.508 e. The molecular weight excluding hydrogens is 649 g/mol. The first-order valence-electron chi connectivity index (χ1n) is 14.7. The lowest BCUT2D eigenvalue weighted by molar-refractivity contribution is -0.138. The summed E-state index contributed by atoms with van der Waals surface area (Å²) in [5.41, 5.74) is 1.78. The molecule has 3 aliphatic rings. The summed E-state index contributed by atoms with van der Waals surface area (Å²) in [4.78, 5) is 56.5. The van der Waals surface area contributed by atoms with Gasteiger partial charge < -0.3 is 14.6 Å². The van der Waals surface area contributed by atoms with Crippen LogP contribution < -0.4 is 26.3 Å². The van der Waals surface area contributed by atoms with Crippen LogP contribution in [0.3, 0.4) is 0 Å². The lowest BCUT2D eigenvalue weighted by Gasteiger charge is -2.49. The second-order valence-corrected chi connectivity index (χ2v) is 12.5. The summed E-state index contributed by atoms with van der Waals surface area (Å²) in [5, 5.41) is 13.0. The molecule has 2 fully saturated rings. The number of phenolic OH excluding ortho intramolecular Hbond substituents is 1. The number of nitrogens with zero attached hydrogens (tertiary/aromatic N) is 4. The number of fused-ring (bicyclic) bond motifs is 4. The maximum Gasteiger partial charge on any atom is 0.347 e. The highest BCUT2D eigenvalue weighted by Gasteiger charge is 2.69. The zero-order valence-electron chi connectivity index (χ0n) is 25.4. The number of carbonyl (C=O) groups is 2. The normalized spacial score (nSPS) is 23.1. The summed E-state index contributed by atoms with van der Waals surface area (Å²) in [7, 11) is 4.36. The zero-order chi connectivity index (χ0) is 33.4. The summed E-state index contributed by atoms with van der Waals surface area (Å²) in [5.74, 6) is -2.68. The van der Waals surface area contributed by atoms with Gasteiger partial charge in [-0.05, 0) is 60.0 Å². The van der Waals surface area contributed by atoms with Gasteiger partial charge in [0.05, 0.1) is 48.8 Å². The van der Waals surface area contributed by atoms with Gasteiger partial charge in [0.15, 0.2) is 0 Å². The molecule has 0 bridgehead atoms. The van der Waals surface area contributed by atoms with Gasteiger partial charge in [-0.1, -0.05) is 47.5 Å². The number of hydrazine groups is 1. The Morgan fingerprint density at radius 1 is 0.957 bits per heavy atom. The van der Waals surface area contributed by atoms with Gasteiger partial charge >= 0.3 is 11.4 Å². The lowest BCUT2D eigenvalue weighted by Crippen LogP contribution is -2.53. The Morgan fingerprint density at radius 2 is 1.70 bits per heavy atom. The average Bonchev–Trinajstić information content (AvgIpc) is 3.42. The maximum atomic E-state index is 15.2. The van der Waals surface area contributed by atoms with Crippen LogP contribution in [0.2, 0.25) is 10.0 Å². The molecule has 4 atom stereocenters. The molecule has 2 aliphatic heterocycles. The molecule has 1 saturated heterocycles. The van der Waals surface area contributed by atoms with Crippen LogP contribution in [-0.4, -0.2) is 50.1 Å². The molecule has 47 heavy (non-hydrogen) atoms. The first-order valence-corrected chi connectivity index (χ1v) is 15.5. The molecule has 1 aromatic heterocycles. The van der Waals surface area contributed by atoms with Crippen molar-refractivity contribution in [2.45, 2.75) is 30.3 Å². The Hall–Kier alpha value is -4.94. The first kappa shape index (κ1) is 30.7. The molecule has 242 valence electrons. The van der Waals surface area contributed by atoms with Gasteiger partial charge in [-0.3, -0.25) is 15.0 Å². The molecule has 4 aromatic rings. The number of hydrogen-bond donors (Lipinski definition) is 2. The third-order valence-corrected chi connectivity index (χ3v) is 10.1. The number of ether oxygens (including phenoxy) is 2. The number of benzene rings is 3. The van der Waals surface area contributed by atoms with Gasteiger partial charge in [0.25, 0.3) is 11.8 Å². The number of rotatable bonds is 6. The van der Waals surface area contributed by atoms with Crippen LogP contribution >= 0.6 is 23.2 Å². The minimum atomic E-state index is -1.66. The number of aromatic nitrogens is 3. The predicted molar refractivity (Wildman–Crippen MR) is 173 cm³/mol. The second-order valence-electron chi connectivity index (χ2n) is 11.7. The van der Waals surface area contributed by atoms with Gasteiger partial charge in [0, 0.05) is 23.6 Å². The van der Waals surface area contributed by atoms with Crippen molar-refractivity contribution in [3.8, 4) is 17.2 Å². The number of anilines is 1. The van der Waals surface area contributed by atoms with E-state index in [0.29, 0.717) is 21.9 Å². The van der Waals surface area contributed by atoms with E-state index in [0.717, 1.165) is 9.58 Å². The van der Waals surface area contributed by atoms with E-state index in [1.165, 1.54) is 42.8 Å². The smallest absolute Gasteiger partial charge is 0.347 e. The van der Waals surface area contributed by atoms with E-state index in [2.05, 4.69) is 5.43 Å². The number of amides is 2. The second kappa shape index (κ2) is 11.1. The van der Waals surface area contributed by atoms with E-state index in [9.17, 15) is 19.5 Å². The van der Waals surface area contributed by atoms with Crippen molar-refractivity contribution in [2.24, 2.45) is 13.0 Å². The SMILES string of the molecule is COc1ccc([C@@]23C(=O)N(Nc4ccc(Cl)cc4Cl)C(=O)[C@@H]2C[C@@H]2C(=CCn4c(=O)n(C)c(=O)n42)[C@@H]3c2c(O)cccc2OC)cc1. The Kier molecular flexibility index (Phi) is 7.25. The van der Waals surface area contributed by atoms with Crippen LogP contribution in [0.25, 0.3) is 0 Å². The first-order chi connectivity index (χ1) is 22.5. The Labute approximate surface area is 277 Å². The Bertz CT molecular complexity index is 2120. The lowest BCUT2D eigenvalue weighted by atomic mass is 9.53. The number of allylic oxidation sites excluding steroid dienone is 2. The molecular formula is C33H29Cl2N5O7. The maximum absolute atomic E-state index is 15.2. The summed E-state index contributed by atoms with van der Waals surface area (Å²) < 4.78 is 14.8. The molecule has 3 heterocycles. The Balaban J connectivity index is 1.54. The number of phenols is 1. The molecule has 3 aromatic carbocycles. The van der Waals surface area contributed by atoms with Gasteiger partial charge in [0.1, 0.15) is 17.2 Å². The summed E-state index contributed by atoms with van der Waals surface area (Å²) in [6, 6.07) is 15.4. The molecule has 0 spiro atoms. The number of hydrogen-bond acceptors (Lipinski definition) is 8. The van der Waals surface area contributed by atoms with Crippen molar-refractivity contribution in [2.75, 3.05) is 19.6 Å². The van der Waals surface area contributed by atoms with Gasteiger partial charge in [-0.15, -0.1) is 0 Å². The van der Waals surface area contributed by atoms with Gasteiger partial charge in [-0.25, -0.2) is 23.5 Å². The number of methoxy groups -OCH3 is 2. The van der Waals surface area contributed by atoms with Crippen molar-refractivity contribution in [3.05, 3.63) is 114 Å².